The van der Waals surface area contributed by atoms with E-state index in [1.165, 1.54) is 16.7 Å². The Morgan fingerprint density at radius 2 is 1.91 bits per heavy atom. The van der Waals surface area contributed by atoms with Crippen molar-refractivity contribution in [2.45, 2.75) is 78.7 Å². The molecular weight excluding hydrogens is 582 g/mol. The molecule has 1 amide bonds. The highest BCUT2D eigenvalue weighted by molar-refractivity contribution is 5.82. The summed E-state index contributed by atoms with van der Waals surface area (Å²) in [6, 6.07) is 16.1. The van der Waals surface area contributed by atoms with Crippen molar-refractivity contribution in [3.63, 3.8) is 0 Å². The number of carbonyl (C=O) groups excluding carboxylic acids is 1. The van der Waals surface area contributed by atoms with Crippen molar-refractivity contribution >= 4 is 17.9 Å². The highest BCUT2D eigenvalue weighted by Gasteiger charge is 2.71. The van der Waals surface area contributed by atoms with Gasteiger partial charge >= 0.3 is 12.1 Å². The summed E-state index contributed by atoms with van der Waals surface area (Å²) >= 11 is 0. The second-order valence-electron chi connectivity index (χ2n) is 13.9. The monoisotopic (exact) mass is 627 g/mol. The van der Waals surface area contributed by atoms with Gasteiger partial charge in [-0.25, -0.2) is 9.78 Å². The zero-order chi connectivity index (χ0) is 32.8. The first-order valence-electron chi connectivity index (χ1n) is 16.3. The molecule has 1 aliphatic carbocycles. The molecule has 0 spiro atoms. The average molecular weight is 628 g/mol. The minimum absolute atomic E-state index is 0.110. The van der Waals surface area contributed by atoms with Gasteiger partial charge in [0.1, 0.15) is 23.8 Å². The first kappa shape index (κ1) is 31.9. The van der Waals surface area contributed by atoms with Crippen molar-refractivity contribution in [2.75, 3.05) is 31.7 Å². The van der Waals surface area contributed by atoms with Crippen LogP contribution in [0.2, 0.25) is 0 Å². The van der Waals surface area contributed by atoms with E-state index in [9.17, 15) is 14.7 Å². The van der Waals surface area contributed by atoms with Gasteiger partial charge in [0.05, 0.1) is 23.8 Å². The number of carbonyl (C=O) groups is 2. The zero-order valence-electron chi connectivity index (χ0n) is 27.8. The number of ether oxygens (including phenoxy) is 3. The lowest BCUT2D eigenvalue weighted by Gasteiger charge is -2.32. The Balaban J connectivity index is 1.23. The van der Waals surface area contributed by atoms with Gasteiger partial charge in [-0.15, -0.1) is 0 Å². The van der Waals surface area contributed by atoms with Crippen LogP contribution in [0.25, 0.3) is 11.3 Å². The van der Waals surface area contributed by atoms with Gasteiger partial charge in [-0.05, 0) is 98.9 Å². The molecule has 2 aromatic carbocycles. The smallest absolute Gasteiger partial charge is 0.410 e. The maximum absolute atomic E-state index is 12.8. The number of para-hydroxylation sites is 1. The molecule has 1 saturated carbocycles. The van der Waals surface area contributed by atoms with Crippen LogP contribution in [0.1, 0.15) is 61.9 Å². The summed E-state index contributed by atoms with van der Waals surface area (Å²) in [5.74, 6) is 0.890. The summed E-state index contributed by atoms with van der Waals surface area (Å²) in [6.07, 6.45) is 2.04. The third kappa shape index (κ3) is 5.93. The van der Waals surface area contributed by atoms with Crippen LogP contribution in [0.15, 0.2) is 48.5 Å². The number of rotatable bonds is 9. The zero-order valence-corrected chi connectivity index (χ0v) is 27.8. The molecule has 46 heavy (non-hydrogen) atoms. The minimum atomic E-state index is -0.758. The lowest BCUT2D eigenvalue weighted by molar-refractivity contribution is -0.144. The first-order chi connectivity index (χ1) is 21.9. The Morgan fingerprint density at radius 3 is 2.63 bits per heavy atom. The summed E-state index contributed by atoms with van der Waals surface area (Å²) in [6.45, 7) is 12.4. The Morgan fingerprint density at radius 1 is 1.13 bits per heavy atom. The molecule has 1 aromatic heterocycles. The predicted octanol–water partition coefficient (Wildman–Crippen LogP) is 6.42. The third-order valence-electron chi connectivity index (χ3n) is 9.69. The summed E-state index contributed by atoms with van der Waals surface area (Å²) in [5.41, 5.74) is 6.17. The lowest BCUT2D eigenvalue weighted by Crippen LogP contribution is -2.43. The van der Waals surface area contributed by atoms with Crippen LogP contribution in [-0.2, 0) is 40.3 Å². The largest absolute Gasteiger partial charge is 0.488 e. The van der Waals surface area contributed by atoms with Gasteiger partial charge in [0.25, 0.3) is 0 Å². The Labute approximate surface area is 271 Å². The number of nitrogens with zero attached hydrogens (tertiary/aromatic N) is 3. The second kappa shape index (κ2) is 12.2. The highest BCUT2D eigenvalue weighted by atomic mass is 16.6. The Hall–Kier alpha value is -4.11. The summed E-state index contributed by atoms with van der Waals surface area (Å²) in [5, 5.41) is 10.1. The predicted molar refractivity (Wildman–Crippen MR) is 176 cm³/mol. The minimum Gasteiger partial charge on any atom is -0.488 e. The maximum Gasteiger partial charge on any atom is 0.410 e. The highest BCUT2D eigenvalue weighted by Crippen LogP contribution is 2.62. The van der Waals surface area contributed by atoms with Gasteiger partial charge in [0.2, 0.25) is 0 Å². The number of fused-ring (bicyclic) bond motifs is 2. The molecule has 0 unspecified atom stereocenters. The standard InChI is InChI=1S/C37H45N3O6/c1-7-25-16-24(17-26-14-15-39(20-29(25)26)35(43)46-36(3,4)5)21-45-33-23(2)10-8-11-28(33)30-12-9-13-32(38-30)40-19-27-18-37(27,34(41)42)31(40)22-44-6/h8-13,16-17,27,31H,7,14-15,18-22H2,1-6H3,(H,41,42)/t27-,31+,37+/m0/s1. The Kier molecular flexibility index (Phi) is 8.48. The molecule has 3 heterocycles. The third-order valence-corrected chi connectivity index (χ3v) is 9.69. The summed E-state index contributed by atoms with van der Waals surface area (Å²) in [4.78, 5) is 34.0. The molecule has 1 saturated heterocycles. The molecule has 9 heteroatoms. The molecule has 9 nitrogen and oxygen atoms in total. The quantitative estimate of drug-likeness (QED) is 0.290. The number of hydrogen-bond donors (Lipinski definition) is 1. The molecule has 244 valence electrons. The fraction of sp³-hybridized carbons (Fsp3) is 0.486. The number of aryl methyl sites for hydroxylation is 2. The van der Waals surface area contributed by atoms with Crippen molar-refractivity contribution in [1.29, 1.82) is 0 Å². The SMILES string of the molecule is CCc1cc(COc2c(C)cccc2-c2cccc(N3C[C@@H]4C[C@]4(C(=O)O)[C@H]3COC)n2)cc2c1CN(C(=O)OC(C)(C)C)CC2. The summed E-state index contributed by atoms with van der Waals surface area (Å²) < 4.78 is 17.7. The summed E-state index contributed by atoms with van der Waals surface area (Å²) in [7, 11) is 1.62. The normalized spacial score (nSPS) is 21.9. The molecule has 6 rings (SSSR count). The number of carboxylic acids is 1. The van der Waals surface area contributed by atoms with Crippen molar-refractivity contribution in [2.24, 2.45) is 11.3 Å². The van der Waals surface area contributed by atoms with Crippen LogP contribution in [0.4, 0.5) is 10.6 Å². The molecule has 3 aliphatic rings. The van der Waals surface area contributed by atoms with Crippen LogP contribution in [-0.4, -0.2) is 65.5 Å². The second-order valence-corrected chi connectivity index (χ2v) is 13.9. The van der Waals surface area contributed by atoms with E-state index < -0.39 is 17.0 Å². The fourth-order valence-electron chi connectivity index (χ4n) is 7.32. The van der Waals surface area contributed by atoms with Gasteiger partial charge in [0.15, 0.2) is 0 Å². The average Bonchev–Trinajstić information content (AvgIpc) is 3.67. The number of aliphatic carboxylic acids is 1. The number of anilines is 1. The number of benzene rings is 2. The van der Waals surface area contributed by atoms with Gasteiger partial charge in [-0.2, -0.15) is 0 Å². The number of pyridine rings is 1. The maximum atomic E-state index is 12.8. The van der Waals surface area contributed by atoms with E-state index in [0.29, 0.717) is 39.3 Å². The van der Waals surface area contributed by atoms with Crippen molar-refractivity contribution in [1.82, 2.24) is 9.88 Å². The number of hydrogen-bond acceptors (Lipinski definition) is 7. The lowest BCUT2D eigenvalue weighted by atomic mass is 9.91. The van der Waals surface area contributed by atoms with E-state index in [1.807, 2.05) is 64.1 Å². The van der Waals surface area contributed by atoms with E-state index in [4.69, 9.17) is 19.2 Å². The first-order valence-corrected chi connectivity index (χ1v) is 16.3. The number of methoxy groups -OCH3 is 1. The van der Waals surface area contributed by atoms with Crippen molar-refractivity contribution in [3.8, 4) is 17.0 Å². The molecule has 0 bridgehead atoms. The van der Waals surface area contributed by atoms with Crippen LogP contribution in [0.5, 0.6) is 5.75 Å². The molecule has 0 radical (unpaired) electrons. The van der Waals surface area contributed by atoms with Gasteiger partial charge in [-0.1, -0.05) is 37.3 Å². The number of piperidine rings is 1. The number of amides is 1. The van der Waals surface area contributed by atoms with E-state index in [1.54, 1.807) is 12.0 Å². The van der Waals surface area contributed by atoms with E-state index in [-0.39, 0.29) is 18.1 Å². The molecule has 1 N–H and O–H groups in total. The topological polar surface area (TPSA) is 101 Å². The van der Waals surface area contributed by atoms with Gasteiger partial charge in [-0.3, -0.25) is 4.79 Å². The van der Waals surface area contributed by atoms with Crippen LogP contribution in [0, 0.1) is 18.3 Å². The molecule has 2 fully saturated rings. The van der Waals surface area contributed by atoms with Gasteiger partial charge < -0.3 is 29.1 Å². The number of aromatic nitrogens is 1. The van der Waals surface area contributed by atoms with E-state index in [2.05, 4.69) is 24.0 Å². The Bertz CT molecular complexity index is 1630. The van der Waals surface area contributed by atoms with Crippen LogP contribution < -0.4 is 9.64 Å². The number of carboxylic acid groups (broad SMARTS) is 1. The molecular formula is C37H45N3O6. The molecule has 3 atom stereocenters. The van der Waals surface area contributed by atoms with Crippen LogP contribution >= 0.6 is 0 Å². The van der Waals surface area contributed by atoms with E-state index in [0.717, 1.165) is 46.8 Å². The van der Waals surface area contributed by atoms with Crippen LogP contribution in [0.3, 0.4) is 0 Å². The van der Waals surface area contributed by atoms with Crippen molar-refractivity contribution < 1.29 is 28.9 Å². The van der Waals surface area contributed by atoms with Gasteiger partial charge in [0, 0.05) is 32.3 Å². The van der Waals surface area contributed by atoms with E-state index >= 15 is 0 Å². The van der Waals surface area contributed by atoms with Crippen molar-refractivity contribution in [3.05, 3.63) is 76.3 Å². The fourth-order valence-corrected chi connectivity index (χ4v) is 7.32. The molecule has 2 aliphatic heterocycles. The molecule has 3 aromatic rings.